The molecule has 1 N–H and O–H groups in total. The fourth-order valence-corrected chi connectivity index (χ4v) is 4.13. The van der Waals surface area contributed by atoms with Crippen LogP contribution >= 0.6 is 27.7 Å². The molecule has 0 spiro atoms. The van der Waals surface area contributed by atoms with E-state index in [1.807, 2.05) is 56.3 Å². The van der Waals surface area contributed by atoms with Crippen molar-refractivity contribution < 1.29 is 9.59 Å². The number of nitrogens with zero attached hydrogens (tertiary/aromatic N) is 3. The zero-order chi connectivity index (χ0) is 19.1. The molecule has 0 aliphatic carbocycles. The van der Waals surface area contributed by atoms with Gasteiger partial charge in [0.15, 0.2) is 10.9 Å². The zero-order valence-electron chi connectivity index (χ0n) is 14.6. The van der Waals surface area contributed by atoms with Crippen molar-refractivity contribution in [2.45, 2.75) is 19.1 Å². The van der Waals surface area contributed by atoms with Crippen molar-refractivity contribution in [1.82, 2.24) is 0 Å². The van der Waals surface area contributed by atoms with E-state index in [9.17, 15) is 9.59 Å². The van der Waals surface area contributed by atoms with Gasteiger partial charge >= 0.3 is 0 Å². The van der Waals surface area contributed by atoms with E-state index in [1.54, 1.807) is 4.90 Å². The third kappa shape index (κ3) is 3.30. The predicted molar refractivity (Wildman–Crippen MR) is 112 cm³/mol. The van der Waals surface area contributed by atoms with E-state index in [4.69, 9.17) is 0 Å². The van der Waals surface area contributed by atoms with Crippen LogP contribution in [0, 0.1) is 6.92 Å². The van der Waals surface area contributed by atoms with Crippen LogP contribution in [0.25, 0.3) is 0 Å². The van der Waals surface area contributed by atoms with Crippen LogP contribution in [0.2, 0.25) is 0 Å². The highest BCUT2D eigenvalue weighted by atomic mass is 79.9. The van der Waals surface area contributed by atoms with Crippen molar-refractivity contribution in [2.75, 3.05) is 10.2 Å². The molecule has 1 saturated heterocycles. The Bertz CT molecular complexity index is 1020. The second-order valence-electron chi connectivity index (χ2n) is 6.24. The summed E-state index contributed by atoms with van der Waals surface area (Å²) in [5.41, 5.74) is 3.45. The molecule has 4 rings (SSSR count). The third-order valence-electron chi connectivity index (χ3n) is 4.27. The summed E-state index contributed by atoms with van der Waals surface area (Å²) in [6.45, 7) is 3.82. The fourth-order valence-electron chi connectivity index (χ4n) is 2.85. The van der Waals surface area contributed by atoms with Gasteiger partial charge in [0.25, 0.3) is 5.91 Å². The average Bonchev–Trinajstić information content (AvgIpc) is 3.10. The number of amides is 2. The molecular weight excluding hydrogens is 428 g/mol. The highest BCUT2D eigenvalue weighted by Crippen LogP contribution is 2.32. The van der Waals surface area contributed by atoms with E-state index in [2.05, 4.69) is 31.4 Å². The maximum absolute atomic E-state index is 12.6. The lowest BCUT2D eigenvalue weighted by Crippen LogP contribution is -2.31. The molecule has 2 heterocycles. The standard InChI is InChI=1S/C19H15BrN4O2S/c1-10-3-6-13(7-4-10)24-18(26)11(2)27-19(24)23-22-16-14-9-12(20)5-8-15(14)21-17(16)25/h3-9,11H,1-2H3,(H,21,22,25)/b23-19-. The third-order valence-corrected chi connectivity index (χ3v) is 5.79. The van der Waals surface area contributed by atoms with Crippen molar-refractivity contribution in [1.29, 1.82) is 0 Å². The van der Waals surface area contributed by atoms with Gasteiger partial charge in [-0.2, -0.15) is 0 Å². The number of carbonyl (C=O) groups excluding carboxylic acids is 2. The number of benzene rings is 2. The molecule has 2 aromatic rings. The summed E-state index contributed by atoms with van der Waals surface area (Å²) in [7, 11) is 0. The van der Waals surface area contributed by atoms with Crippen LogP contribution in [0.15, 0.2) is 57.1 Å². The number of rotatable bonds is 2. The van der Waals surface area contributed by atoms with Crippen molar-refractivity contribution in [3.8, 4) is 0 Å². The predicted octanol–water partition coefficient (Wildman–Crippen LogP) is 3.94. The maximum atomic E-state index is 12.6. The van der Waals surface area contributed by atoms with Crippen LogP contribution in [0.1, 0.15) is 18.1 Å². The van der Waals surface area contributed by atoms with E-state index in [0.717, 1.165) is 15.7 Å². The van der Waals surface area contributed by atoms with Crippen LogP contribution in [-0.2, 0) is 9.59 Å². The molecule has 0 saturated carbocycles. The topological polar surface area (TPSA) is 74.1 Å². The Balaban J connectivity index is 1.73. The van der Waals surface area contributed by atoms with E-state index < -0.39 is 0 Å². The fraction of sp³-hybridized carbons (Fsp3) is 0.158. The lowest BCUT2D eigenvalue weighted by atomic mass is 10.1. The number of fused-ring (bicyclic) bond motifs is 1. The molecule has 2 aliphatic heterocycles. The Kier molecular flexibility index (Phi) is 4.61. The molecule has 27 heavy (non-hydrogen) atoms. The largest absolute Gasteiger partial charge is 0.320 e. The molecule has 2 aliphatic rings. The first-order chi connectivity index (χ1) is 12.9. The number of halogens is 1. The number of thioether (sulfide) groups is 1. The Morgan fingerprint density at radius 2 is 1.85 bits per heavy atom. The highest BCUT2D eigenvalue weighted by molar-refractivity contribution is 9.10. The summed E-state index contributed by atoms with van der Waals surface area (Å²) in [6, 6.07) is 13.1. The summed E-state index contributed by atoms with van der Waals surface area (Å²) < 4.78 is 0.846. The minimum atomic E-state index is -0.309. The van der Waals surface area contributed by atoms with Gasteiger partial charge in [-0.3, -0.25) is 14.5 Å². The Labute approximate surface area is 168 Å². The van der Waals surface area contributed by atoms with E-state index in [-0.39, 0.29) is 22.8 Å². The smallest absolute Gasteiger partial charge is 0.276 e. The van der Waals surface area contributed by atoms with E-state index in [0.29, 0.717) is 16.4 Å². The SMILES string of the molecule is Cc1ccc(N2C(=O)C(C)S/C2=N\N=C2/C(=O)Nc3ccc(Br)cc32)cc1. The van der Waals surface area contributed by atoms with Gasteiger partial charge in [0.05, 0.1) is 16.6 Å². The number of anilines is 2. The van der Waals surface area contributed by atoms with E-state index >= 15 is 0 Å². The van der Waals surface area contributed by atoms with Crippen LogP contribution < -0.4 is 10.2 Å². The molecular formula is C19H15BrN4O2S. The van der Waals surface area contributed by atoms with Gasteiger partial charge in [0.1, 0.15) is 0 Å². The lowest BCUT2D eigenvalue weighted by molar-refractivity contribution is -0.116. The summed E-state index contributed by atoms with van der Waals surface area (Å²) in [6.07, 6.45) is 0. The number of carbonyl (C=O) groups is 2. The number of hydrogen-bond donors (Lipinski definition) is 1. The van der Waals surface area contributed by atoms with Crippen molar-refractivity contribution >= 4 is 61.8 Å². The summed E-state index contributed by atoms with van der Waals surface area (Å²) >= 11 is 4.73. The Morgan fingerprint density at radius 3 is 2.59 bits per heavy atom. The second kappa shape index (κ2) is 6.94. The van der Waals surface area contributed by atoms with Gasteiger partial charge in [-0.25, -0.2) is 0 Å². The van der Waals surface area contributed by atoms with Crippen molar-refractivity contribution in [2.24, 2.45) is 10.2 Å². The monoisotopic (exact) mass is 442 g/mol. The minimum Gasteiger partial charge on any atom is -0.320 e. The molecule has 8 heteroatoms. The summed E-state index contributed by atoms with van der Waals surface area (Å²) in [5, 5.41) is 11.4. The molecule has 0 aromatic heterocycles. The number of nitrogens with one attached hydrogen (secondary N) is 1. The van der Waals surface area contributed by atoms with Crippen molar-refractivity contribution in [3.05, 3.63) is 58.1 Å². The van der Waals surface area contributed by atoms with Gasteiger partial charge in [-0.1, -0.05) is 45.4 Å². The number of hydrogen-bond acceptors (Lipinski definition) is 5. The first-order valence-corrected chi connectivity index (χ1v) is 9.95. The van der Waals surface area contributed by atoms with Gasteiger partial charge < -0.3 is 5.32 Å². The summed E-state index contributed by atoms with van der Waals surface area (Å²) in [4.78, 5) is 26.4. The molecule has 2 amide bonds. The minimum absolute atomic E-state index is 0.0539. The average molecular weight is 443 g/mol. The van der Waals surface area contributed by atoms with Gasteiger partial charge in [0, 0.05) is 10.0 Å². The Morgan fingerprint density at radius 1 is 1.11 bits per heavy atom. The number of aryl methyl sites for hydroxylation is 1. The van der Waals surface area contributed by atoms with Crippen LogP contribution in [0.4, 0.5) is 11.4 Å². The van der Waals surface area contributed by atoms with Crippen LogP contribution in [0.3, 0.4) is 0 Å². The molecule has 2 aromatic carbocycles. The second-order valence-corrected chi connectivity index (χ2v) is 8.47. The van der Waals surface area contributed by atoms with Crippen molar-refractivity contribution in [3.63, 3.8) is 0 Å². The maximum Gasteiger partial charge on any atom is 0.276 e. The molecule has 1 atom stereocenters. The quantitative estimate of drug-likeness (QED) is 0.715. The highest BCUT2D eigenvalue weighted by Gasteiger charge is 2.36. The van der Waals surface area contributed by atoms with Crippen LogP contribution in [-0.4, -0.2) is 27.9 Å². The number of amidine groups is 1. The molecule has 0 radical (unpaired) electrons. The van der Waals surface area contributed by atoms with Crippen LogP contribution in [0.5, 0.6) is 0 Å². The molecule has 0 bridgehead atoms. The molecule has 6 nitrogen and oxygen atoms in total. The van der Waals surface area contributed by atoms with Gasteiger partial charge in [0.2, 0.25) is 5.91 Å². The first-order valence-electron chi connectivity index (χ1n) is 8.28. The summed E-state index contributed by atoms with van der Waals surface area (Å²) in [5.74, 6) is -0.362. The van der Waals surface area contributed by atoms with Gasteiger partial charge in [-0.05, 0) is 44.2 Å². The molecule has 136 valence electrons. The Hall–Kier alpha value is -2.45. The first kappa shape index (κ1) is 17.9. The molecule has 1 unspecified atom stereocenters. The molecule has 1 fully saturated rings. The van der Waals surface area contributed by atoms with E-state index in [1.165, 1.54) is 11.8 Å². The zero-order valence-corrected chi connectivity index (χ0v) is 17.0. The van der Waals surface area contributed by atoms with Gasteiger partial charge in [-0.15, -0.1) is 10.2 Å². The lowest BCUT2D eigenvalue weighted by Gasteiger charge is -2.15. The normalized spacial score (nSPS) is 21.9.